The third kappa shape index (κ3) is 2.51. The minimum absolute atomic E-state index is 0.0336. The second-order valence-electron chi connectivity index (χ2n) is 3.85. The summed E-state index contributed by atoms with van der Waals surface area (Å²) in [5.74, 6) is 0.0336. The van der Waals surface area contributed by atoms with Crippen molar-refractivity contribution in [1.82, 2.24) is 10.3 Å². The molecule has 16 heavy (non-hydrogen) atoms. The Balaban J connectivity index is 2.12. The van der Waals surface area contributed by atoms with Crippen LogP contribution in [-0.2, 0) is 4.79 Å². The molecule has 0 aliphatic carbocycles. The van der Waals surface area contributed by atoms with Crippen LogP contribution >= 0.6 is 11.3 Å². The van der Waals surface area contributed by atoms with E-state index in [1.807, 2.05) is 4.90 Å². The largest absolute Gasteiger partial charge is 0.388 e. The highest BCUT2D eigenvalue weighted by atomic mass is 32.1. The molecule has 6 heteroatoms. The van der Waals surface area contributed by atoms with Crippen LogP contribution in [0.5, 0.6) is 0 Å². The van der Waals surface area contributed by atoms with Crippen molar-refractivity contribution in [3.05, 3.63) is 11.1 Å². The van der Waals surface area contributed by atoms with Crippen molar-refractivity contribution in [3.63, 3.8) is 0 Å². The first-order valence-corrected chi connectivity index (χ1v) is 6.14. The SMILES string of the molecule is CC(O)c1cnc(N2CCCNC(=O)C2)s1. The third-order valence-corrected chi connectivity index (χ3v) is 3.68. The van der Waals surface area contributed by atoms with Crippen molar-refractivity contribution in [2.24, 2.45) is 0 Å². The summed E-state index contributed by atoms with van der Waals surface area (Å²) >= 11 is 1.44. The van der Waals surface area contributed by atoms with Gasteiger partial charge < -0.3 is 15.3 Å². The summed E-state index contributed by atoms with van der Waals surface area (Å²) in [6.45, 7) is 3.62. The highest BCUT2D eigenvalue weighted by Gasteiger charge is 2.18. The Morgan fingerprint density at radius 1 is 1.69 bits per heavy atom. The molecule has 1 aliphatic heterocycles. The monoisotopic (exact) mass is 241 g/mol. The lowest BCUT2D eigenvalue weighted by Gasteiger charge is -2.17. The van der Waals surface area contributed by atoms with Crippen LogP contribution in [0.1, 0.15) is 24.3 Å². The van der Waals surface area contributed by atoms with E-state index >= 15 is 0 Å². The Morgan fingerprint density at radius 3 is 3.19 bits per heavy atom. The van der Waals surface area contributed by atoms with Gasteiger partial charge >= 0.3 is 0 Å². The van der Waals surface area contributed by atoms with Gasteiger partial charge in [0.1, 0.15) is 0 Å². The molecular weight excluding hydrogens is 226 g/mol. The average molecular weight is 241 g/mol. The van der Waals surface area contributed by atoms with Gasteiger partial charge in [-0.2, -0.15) is 0 Å². The van der Waals surface area contributed by atoms with E-state index in [2.05, 4.69) is 10.3 Å². The molecule has 1 aromatic rings. The number of carbonyl (C=O) groups is 1. The lowest BCUT2D eigenvalue weighted by Crippen LogP contribution is -2.32. The number of nitrogens with one attached hydrogen (secondary N) is 1. The first kappa shape index (κ1) is 11.3. The average Bonchev–Trinajstić information content (AvgIpc) is 2.63. The number of hydrogen-bond donors (Lipinski definition) is 2. The fraction of sp³-hybridized carbons (Fsp3) is 0.600. The summed E-state index contributed by atoms with van der Waals surface area (Å²) in [5.41, 5.74) is 0. The number of hydrogen-bond acceptors (Lipinski definition) is 5. The summed E-state index contributed by atoms with van der Waals surface area (Å²) in [5, 5.41) is 13.0. The molecule has 1 unspecified atom stereocenters. The van der Waals surface area contributed by atoms with Crippen LogP contribution in [0.3, 0.4) is 0 Å². The van der Waals surface area contributed by atoms with Crippen LogP contribution < -0.4 is 10.2 Å². The Bertz CT molecular complexity index is 378. The van der Waals surface area contributed by atoms with Crippen molar-refractivity contribution in [2.75, 3.05) is 24.5 Å². The molecule has 0 radical (unpaired) electrons. The fourth-order valence-corrected chi connectivity index (χ4v) is 2.46. The summed E-state index contributed by atoms with van der Waals surface area (Å²) in [7, 11) is 0. The predicted molar refractivity (Wildman–Crippen MR) is 62.6 cm³/mol. The molecule has 88 valence electrons. The Labute approximate surface area is 98.1 Å². The van der Waals surface area contributed by atoms with Crippen LogP contribution in [-0.4, -0.2) is 35.6 Å². The number of thiazole rings is 1. The summed E-state index contributed by atoms with van der Waals surface area (Å²) in [6, 6.07) is 0. The molecule has 0 aromatic carbocycles. The van der Waals surface area contributed by atoms with Crippen LogP contribution in [0.25, 0.3) is 0 Å². The van der Waals surface area contributed by atoms with Crippen LogP contribution in [0, 0.1) is 0 Å². The molecule has 1 aliphatic rings. The summed E-state index contributed by atoms with van der Waals surface area (Å²) in [4.78, 5) is 18.4. The lowest BCUT2D eigenvalue weighted by atomic mass is 10.4. The lowest BCUT2D eigenvalue weighted by molar-refractivity contribution is -0.119. The molecule has 1 aromatic heterocycles. The zero-order valence-electron chi connectivity index (χ0n) is 9.14. The van der Waals surface area contributed by atoms with Crippen molar-refractivity contribution in [2.45, 2.75) is 19.4 Å². The maximum atomic E-state index is 11.4. The normalized spacial score (nSPS) is 19.1. The molecule has 0 bridgehead atoms. The maximum absolute atomic E-state index is 11.4. The third-order valence-electron chi connectivity index (χ3n) is 2.46. The van der Waals surface area contributed by atoms with Gasteiger partial charge in [-0.3, -0.25) is 4.79 Å². The topological polar surface area (TPSA) is 65.5 Å². The second kappa shape index (κ2) is 4.80. The van der Waals surface area contributed by atoms with Gasteiger partial charge in [0, 0.05) is 19.3 Å². The van der Waals surface area contributed by atoms with E-state index < -0.39 is 6.10 Å². The van der Waals surface area contributed by atoms with Crippen LogP contribution in [0.2, 0.25) is 0 Å². The Hall–Kier alpha value is -1.14. The number of aliphatic hydroxyl groups excluding tert-OH is 1. The van der Waals surface area contributed by atoms with Crippen molar-refractivity contribution < 1.29 is 9.90 Å². The van der Waals surface area contributed by atoms with E-state index in [9.17, 15) is 9.90 Å². The number of aliphatic hydroxyl groups is 1. The highest BCUT2D eigenvalue weighted by Crippen LogP contribution is 2.27. The molecule has 2 rings (SSSR count). The quantitative estimate of drug-likeness (QED) is 0.792. The van der Waals surface area contributed by atoms with E-state index in [4.69, 9.17) is 0 Å². The summed E-state index contributed by atoms with van der Waals surface area (Å²) < 4.78 is 0. The van der Waals surface area contributed by atoms with Gasteiger partial charge in [0.2, 0.25) is 5.91 Å². The number of carbonyl (C=O) groups excluding carboxylic acids is 1. The zero-order chi connectivity index (χ0) is 11.5. The second-order valence-corrected chi connectivity index (χ2v) is 4.89. The Morgan fingerprint density at radius 2 is 2.50 bits per heavy atom. The van der Waals surface area contributed by atoms with E-state index in [0.717, 1.165) is 29.5 Å². The van der Waals surface area contributed by atoms with E-state index in [1.54, 1.807) is 13.1 Å². The minimum atomic E-state index is -0.493. The first-order valence-electron chi connectivity index (χ1n) is 5.32. The molecule has 0 spiro atoms. The Kier molecular flexibility index (Phi) is 3.40. The molecule has 1 fully saturated rings. The van der Waals surface area contributed by atoms with Gasteiger partial charge in [-0.15, -0.1) is 0 Å². The van der Waals surface area contributed by atoms with Gasteiger partial charge in [0.05, 0.1) is 17.5 Å². The standard InChI is InChI=1S/C10H15N3O2S/c1-7(14)8-5-12-10(16-8)13-4-2-3-11-9(15)6-13/h5,7,14H,2-4,6H2,1H3,(H,11,15). The molecule has 2 N–H and O–H groups in total. The maximum Gasteiger partial charge on any atom is 0.239 e. The number of aromatic nitrogens is 1. The number of amides is 1. The van der Waals surface area contributed by atoms with Gasteiger partial charge in [0.25, 0.3) is 0 Å². The summed E-state index contributed by atoms with van der Waals surface area (Å²) in [6.07, 6.45) is 2.11. The van der Waals surface area contributed by atoms with Gasteiger partial charge in [-0.05, 0) is 13.3 Å². The predicted octanol–water partition coefficient (Wildman–Crippen LogP) is 0.523. The minimum Gasteiger partial charge on any atom is -0.388 e. The molecule has 2 heterocycles. The molecule has 1 saturated heterocycles. The number of nitrogens with zero attached hydrogens (tertiary/aromatic N) is 2. The van der Waals surface area contributed by atoms with E-state index in [1.165, 1.54) is 11.3 Å². The van der Waals surface area contributed by atoms with E-state index in [-0.39, 0.29) is 5.91 Å². The van der Waals surface area contributed by atoms with Gasteiger partial charge in [0.15, 0.2) is 5.13 Å². The molecule has 1 amide bonds. The number of anilines is 1. The van der Waals surface area contributed by atoms with Crippen molar-refractivity contribution in [3.8, 4) is 0 Å². The highest BCUT2D eigenvalue weighted by molar-refractivity contribution is 7.15. The fourth-order valence-electron chi connectivity index (χ4n) is 1.59. The molecular formula is C10H15N3O2S. The zero-order valence-corrected chi connectivity index (χ0v) is 9.96. The van der Waals surface area contributed by atoms with Crippen LogP contribution in [0.4, 0.5) is 5.13 Å². The molecule has 1 atom stereocenters. The van der Waals surface area contributed by atoms with Gasteiger partial charge in [-0.1, -0.05) is 11.3 Å². The van der Waals surface area contributed by atoms with E-state index in [0.29, 0.717) is 6.54 Å². The van der Waals surface area contributed by atoms with Crippen molar-refractivity contribution >= 4 is 22.4 Å². The first-order chi connectivity index (χ1) is 7.66. The van der Waals surface area contributed by atoms with Gasteiger partial charge in [-0.25, -0.2) is 4.98 Å². The van der Waals surface area contributed by atoms with Crippen molar-refractivity contribution in [1.29, 1.82) is 0 Å². The molecule has 0 saturated carbocycles. The number of rotatable bonds is 2. The smallest absolute Gasteiger partial charge is 0.239 e. The molecule has 5 nitrogen and oxygen atoms in total. The van der Waals surface area contributed by atoms with Crippen LogP contribution in [0.15, 0.2) is 6.20 Å².